The zero-order valence-corrected chi connectivity index (χ0v) is 18.0. The van der Waals surface area contributed by atoms with Crippen molar-refractivity contribution in [3.8, 4) is 0 Å². The van der Waals surface area contributed by atoms with Gasteiger partial charge >= 0.3 is 6.09 Å². The first-order valence-corrected chi connectivity index (χ1v) is 9.40. The van der Waals surface area contributed by atoms with Gasteiger partial charge in [0.05, 0.1) is 11.5 Å². The Balaban J connectivity index is 2.43. The van der Waals surface area contributed by atoms with Crippen LogP contribution in [0.2, 0.25) is 0 Å². The maximum absolute atomic E-state index is 12.1. The first-order chi connectivity index (χ1) is 14.3. The predicted molar refractivity (Wildman–Crippen MR) is 111 cm³/mol. The van der Waals surface area contributed by atoms with Gasteiger partial charge < -0.3 is 26.0 Å². The first kappa shape index (κ1) is 25.3. The number of nitrogens with zero attached hydrogens (tertiary/aromatic N) is 1. The molecule has 0 unspecified atom stereocenters. The van der Waals surface area contributed by atoms with E-state index < -0.39 is 53.0 Å². The largest absolute Gasteiger partial charge is 0.444 e. The average molecular weight is 437 g/mol. The van der Waals surface area contributed by atoms with E-state index in [0.717, 1.165) is 0 Å². The van der Waals surface area contributed by atoms with Crippen LogP contribution in [0.25, 0.3) is 0 Å². The number of rotatable bonds is 8. The third-order valence-electron chi connectivity index (χ3n) is 3.67. The van der Waals surface area contributed by atoms with E-state index in [-0.39, 0.29) is 5.69 Å². The van der Waals surface area contributed by atoms with Crippen molar-refractivity contribution in [3.63, 3.8) is 0 Å². The van der Waals surface area contributed by atoms with E-state index >= 15 is 0 Å². The lowest BCUT2D eigenvalue weighted by Crippen LogP contribution is -2.50. The molecule has 0 saturated carbocycles. The molecule has 31 heavy (non-hydrogen) atoms. The number of nitro benzene ring substituents is 1. The lowest BCUT2D eigenvalue weighted by molar-refractivity contribution is -0.384. The SMILES string of the molecule is C[C@H](NC(=O)CNC(=O)[C@H](C)NC(=O)OC(C)(C)C)C(=O)Nc1ccc([N+](=O)[O-])cc1. The van der Waals surface area contributed by atoms with Crippen molar-refractivity contribution >= 4 is 35.2 Å². The molecule has 1 aromatic rings. The van der Waals surface area contributed by atoms with Gasteiger partial charge in [-0.3, -0.25) is 24.5 Å². The average Bonchev–Trinajstić information content (AvgIpc) is 2.64. The molecule has 0 radical (unpaired) electrons. The lowest BCUT2D eigenvalue weighted by atomic mass is 10.2. The number of anilines is 1. The van der Waals surface area contributed by atoms with Gasteiger partial charge in [0.2, 0.25) is 17.7 Å². The van der Waals surface area contributed by atoms with Crippen LogP contribution in [0.4, 0.5) is 16.2 Å². The summed E-state index contributed by atoms with van der Waals surface area (Å²) >= 11 is 0. The van der Waals surface area contributed by atoms with E-state index in [4.69, 9.17) is 4.74 Å². The summed E-state index contributed by atoms with van der Waals surface area (Å²) in [5, 5.41) is 20.2. The minimum atomic E-state index is -0.939. The van der Waals surface area contributed by atoms with Gasteiger partial charge in [0, 0.05) is 17.8 Å². The molecule has 12 heteroatoms. The molecule has 12 nitrogen and oxygen atoms in total. The summed E-state index contributed by atoms with van der Waals surface area (Å²) in [7, 11) is 0. The van der Waals surface area contributed by atoms with E-state index in [9.17, 15) is 29.3 Å². The molecule has 1 rings (SSSR count). The number of alkyl carbamates (subject to hydrolysis) is 1. The van der Waals surface area contributed by atoms with E-state index in [0.29, 0.717) is 5.69 Å². The number of nitrogens with one attached hydrogen (secondary N) is 4. The number of benzene rings is 1. The molecule has 0 spiro atoms. The molecule has 1 aromatic carbocycles. The molecule has 0 aromatic heterocycles. The van der Waals surface area contributed by atoms with Crippen molar-refractivity contribution in [2.24, 2.45) is 0 Å². The van der Waals surface area contributed by atoms with Crippen LogP contribution in [-0.4, -0.2) is 53.0 Å². The molecule has 4 amide bonds. The van der Waals surface area contributed by atoms with Crippen LogP contribution in [0.15, 0.2) is 24.3 Å². The van der Waals surface area contributed by atoms with Gasteiger partial charge in [-0.05, 0) is 46.8 Å². The third-order valence-corrected chi connectivity index (χ3v) is 3.67. The maximum Gasteiger partial charge on any atom is 0.408 e. The number of amides is 4. The number of hydrogen-bond donors (Lipinski definition) is 4. The maximum atomic E-state index is 12.1. The van der Waals surface area contributed by atoms with Crippen LogP contribution < -0.4 is 21.3 Å². The van der Waals surface area contributed by atoms with E-state index in [1.807, 2.05) is 0 Å². The van der Waals surface area contributed by atoms with Crippen molar-refractivity contribution in [1.82, 2.24) is 16.0 Å². The molecule has 170 valence electrons. The molecule has 0 aliphatic heterocycles. The Morgan fingerprint density at radius 1 is 1.00 bits per heavy atom. The summed E-state index contributed by atoms with van der Waals surface area (Å²) in [6, 6.07) is 3.33. The van der Waals surface area contributed by atoms with E-state index in [1.165, 1.54) is 38.1 Å². The first-order valence-electron chi connectivity index (χ1n) is 9.40. The zero-order valence-electron chi connectivity index (χ0n) is 18.0. The van der Waals surface area contributed by atoms with Crippen LogP contribution in [0, 0.1) is 10.1 Å². The van der Waals surface area contributed by atoms with Crippen LogP contribution in [0.5, 0.6) is 0 Å². The Morgan fingerprint density at radius 2 is 1.55 bits per heavy atom. The number of carbonyl (C=O) groups excluding carboxylic acids is 4. The number of ether oxygens (including phenoxy) is 1. The van der Waals surface area contributed by atoms with Gasteiger partial charge in [0.15, 0.2) is 0 Å². The molecule has 0 heterocycles. The predicted octanol–water partition coefficient (Wildman–Crippen LogP) is 1.07. The van der Waals surface area contributed by atoms with Crippen molar-refractivity contribution in [1.29, 1.82) is 0 Å². The van der Waals surface area contributed by atoms with E-state index in [2.05, 4.69) is 21.3 Å². The van der Waals surface area contributed by atoms with Gasteiger partial charge in [-0.15, -0.1) is 0 Å². The van der Waals surface area contributed by atoms with Gasteiger partial charge in [-0.25, -0.2) is 4.79 Å². The monoisotopic (exact) mass is 437 g/mol. The normalized spacial score (nSPS) is 12.7. The van der Waals surface area contributed by atoms with Gasteiger partial charge in [-0.1, -0.05) is 0 Å². The van der Waals surface area contributed by atoms with Crippen LogP contribution in [-0.2, 0) is 19.1 Å². The Morgan fingerprint density at radius 3 is 2.06 bits per heavy atom. The number of hydrogen-bond acceptors (Lipinski definition) is 7. The second-order valence-corrected chi connectivity index (χ2v) is 7.67. The quantitative estimate of drug-likeness (QED) is 0.348. The molecular weight excluding hydrogens is 410 g/mol. The van der Waals surface area contributed by atoms with Crippen molar-refractivity contribution in [2.75, 3.05) is 11.9 Å². The molecule has 4 N–H and O–H groups in total. The highest BCUT2D eigenvalue weighted by Gasteiger charge is 2.22. The van der Waals surface area contributed by atoms with Crippen molar-refractivity contribution in [3.05, 3.63) is 34.4 Å². The zero-order chi connectivity index (χ0) is 23.8. The minimum Gasteiger partial charge on any atom is -0.444 e. The van der Waals surface area contributed by atoms with Gasteiger partial charge in [-0.2, -0.15) is 0 Å². The molecular formula is C19H27N5O7. The Hall–Kier alpha value is -3.70. The van der Waals surface area contributed by atoms with Gasteiger partial charge in [0.1, 0.15) is 17.7 Å². The smallest absolute Gasteiger partial charge is 0.408 e. The second-order valence-electron chi connectivity index (χ2n) is 7.67. The van der Waals surface area contributed by atoms with Crippen LogP contribution in [0.3, 0.4) is 0 Å². The standard InChI is InChI=1S/C19H27N5O7/c1-11(22-18(28)31-19(3,4)5)16(26)20-10-15(25)21-12(2)17(27)23-13-6-8-14(9-7-13)24(29)30/h6-9,11-12H,10H2,1-5H3,(H,20,26)(H,21,25)(H,22,28)(H,23,27)/t11-,12-/m0/s1. The highest BCUT2D eigenvalue weighted by atomic mass is 16.6. The molecule has 2 atom stereocenters. The Labute approximate surface area is 179 Å². The fraction of sp³-hybridized carbons (Fsp3) is 0.474. The third kappa shape index (κ3) is 9.56. The lowest BCUT2D eigenvalue weighted by Gasteiger charge is -2.21. The number of non-ortho nitro benzene ring substituents is 1. The summed E-state index contributed by atoms with van der Waals surface area (Å²) in [4.78, 5) is 57.8. The number of carbonyl (C=O) groups is 4. The van der Waals surface area contributed by atoms with Gasteiger partial charge in [0.25, 0.3) is 5.69 Å². The number of nitro groups is 1. The fourth-order valence-corrected chi connectivity index (χ4v) is 2.15. The second kappa shape index (κ2) is 10.9. The highest BCUT2D eigenvalue weighted by molar-refractivity contribution is 5.97. The Kier molecular flexibility index (Phi) is 8.91. The van der Waals surface area contributed by atoms with Crippen LogP contribution in [0.1, 0.15) is 34.6 Å². The summed E-state index contributed by atoms with van der Waals surface area (Å²) in [6.45, 7) is 7.50. The summed E-state index contributed by atoms with van der Waals surface area (Å²) in [6.07, 6.45) is -0.767. The highest BCUT2D eigenvalue weighted by Crippen LogP contribution is 2.15. The summed E-state index contributed by atoms with van der Waals surface area (Å²) in [5.41, 5.74) is -0.511. The molecule has 0 fully saturated rings. The Bertz CT molecular complexity index is 833. The molecule has 0 aliphatic carbocycles. The van der Waals surface area contributed by atoms with Crippen molar-refractivity contribution in [2.45, 2.75) is 52.3 Å². The molecule has 0 aliphatic rings. The van der Waals surface area contributed by atoms with Crippen LogP contribution >= 0.6 is 0 Å². The summed E-state index contributed by atoms with van der Waals surface area (Å²) < 4.78 is 5.04. The summed E-state index contributed by atoms with van der Waals surface area (Å²) in [5.74, 6) is -1.78. The topological polar surface area (TPSA) is 169 Å². The minimum absolute atomic E-state index is 0.120. The fourth-order valence-electron chi connectivity index (χ4n) is 2.15. The van der Waals surface area contributed by atoms with E-state index in [1.54, 1.807) is 20.8 Å². The molecule has 0 saturated heterocycles. The van der Waals surface area contributed by atoms with Crippen molar-refractivity contribution < 1.29 is 28.8 Å². The molecule has 0 bridgehead atoms.